The van der Waals surface area contributed by atoms with Crippen LogP contribution in [-0.4, -0.2) is 83.8 Å². The van der Waals surface area contributed by atoms with Crippen LogP contribution in [0, 0.1) is 0 Å². The molecule has 6 rings (SSSR count). The minimum Gasteiger partial charge on any atom is -0.482 e. The zero-order valence-corrected chi connectivity index (χ0v) is 38.4. The van der Waals surface area contributed by atoms with Crippen LogP contribution in [-0.2, 0) is 32.0 Å². The normalized spacial score (nSPS) is 12.1. The molecule has 5 N–H and O–H groups in total. The number of halogens is 13. The lowest BCUT2D eigenvalue weighted by atomic mass is 10.3. The number of nitrogens with two attached hydrogens (primary N) is 1. The van der Waals surface area contributed by atoms with Gasteiger partial charge in [-0.05, 0) is 60.7 Å². The molecular formula is C40H35ClF12N10O6S2. The number of pyridine rings is 2. The highest BCUT2D eigenvalue weighted by atomic mass is 35.5. The molecule has 0 bridgehead atoms. The van der Waals surface area contributed by atoms with Gasteiger partial charge < -0.3 is 31.2 Å². The quantitative estimate of drug-likeness (QED) is 0.0588. The van der Waals surface area contributed by atoms with Crippen LogP contribution in [0.15, 0.2) is 108 Å². The van der Waals surface area contributed by atoms with Gasteiger partial charge in [0.1, 0.15) is 58.4 Å². The van der Waals surface area contributed by atoms with Crippen molar-refractivity contribution in [3.63, 3.8) is 0 Å². The standard InChI is InChI=1S/C20H17F6N5O3S.C14H13ClF3N3O3S.C6H5F3N2/c1-2-35(32,33)13-4-5-15(34-10-19(21,22)23)14(7-13)30-17-8-18(29-11-28-17)31-16-6-3-12(9-27-16)20(24,25)26;1-2-25(22,23)9-3-4-11(24-7-14(16,17)18)10(5-9)21-13-6-12(15)19-8-20-13;7-6(8,9)4-1-2-5(10)11-3-4/h3-9,11H,2,10H2,1H3,(H2,27,28,29,30,31);3-6,8H,2,7H2,1H3,(H,19,20,21);1-3H,(H2,10,11). The summed E-state index contributed by atoms with van der Waals surface area (Å²) in [6, 6.07) is 13.4. The molecule has 6 aromatic rings. The summed E-state index contributed by atoms with van der Waals surface area (Å²) >= 11 is 5.73. The van der Waals surface area contributed by atoms with E-state index in [9.17, 15) is 69.5 Å². The Kier molecular flexibility index (Phi) is 18.6. The maximum absolute atomic E-state index is 12.7. The van der Waals surface area contributed by atoms with Gasteiger partial charge in [0.25, 0.3) is 0 Å². The van der Waals surface area contributed by atoms with Crippen molar-refractivity contribution in [3.05, 3.63) is 114 Å². The first-order chi connectivity index (χ1) is 32.9. The van der Waals surface area contributed by atoms with Gasteiger partial charge in [-0.25, -0.2) is 46.7 Å². The number of nitrogens with one attached hydrogen (secondary N) is 3. The zero-order valence-electron chi connectivity index (χ0n) is 36.0. The fourth-order valence-electron chi connectivity index (χ4n) is 5.02. The van der Waals surface area contributed by atoms with Gasteiger partial charge in [-0.2, -0.15) is 52.7 Å². The number of anilines is 7. The monoisotopic (exact) mass is 1080 g/mol. The van der Waals surface area contributed by atoms with Crippen molar-refractivity contribution in [1.82, 2.24) is 29.9 Å². The Morgan fingerprint density at radius 1 is 0.521 bits per heavy atom. The second-order valence-electron chi connectivity index (χ2n) is 13.7. The second kappa shape index (κ2) is 23.3. The summed E-state index contributed by atoms with van der Waals surface area (Å²) in [6.45, 7) is -0.265. The Balaban J connectivity index is 0.000000263. The van der Waals surface area contributed by atoms with Crippen molar-refractivity contribution in [3.8, 4) is 11.5 Å². The van der Waals surface area contributed by atoms with Crippen LogP contribution in [0.4, 0.5) is 93.1 Å². The van der Waals surface area contributed by atoms with Gasteiger partial charge in [-0.1, -0.05) is 25.4 Å². The molecule has 0 saturated carbocycles. The molecular weight excluding hydrogens is 1040 g/mol. The van der Waals surface area contributed by atoms with Crippen molar-refractivity contribution in [2.75, 3.05) is 46.4 Å². The topological polar surface area (TPSA) is 226 Å². The third-order valence-electron chi connectivity index (χ3n) is 8.45. The van der Waals surface area contributed by atoms with E-state index in [1.54, 1.807) is 0 Å². The fourth-order valence-corrected chi connectivity index (χ4v) is 6.98. The average molecular weight is 1080 g/mol. The molecule has 4 aromatic heterocycles. The first kappa shape index (κ1) is 56.6. The molecule has 0 saturated heterocycles. The predicted octanol–water partition coefficient (Wildman–Crippen LogP) is 10.4. The number of sulfone groups is 2. The Hall–Kier alpha value is -6.95. The highest BCUT2D eigenvalue weighted by Crippen LogP contribution is 2.35. The molecule has 16 nitrogen and oxygen atoms in total. The van der Waals surface area contributed by atoms with Crippen LogP contribution in [0.25, 0.3) is 0 Å². The molecule has 384 valence electrons. The van der Waals surface area contributed by atoms with Crippen LogP contribution in [0.1, 0.15) is 25.0 Å². The third-order valence-corrected chi connectivity index (χ3v) is 12.1. The van der Waals surface area contributed by atoms with Crippen LogP contribution < -0.4 is 31.2 Å². The lowest BCUT2D eigenvalue weighted by Gasteiger charge is -2.16. The molecule has 0 radical (unpaired) electrons. The van der Waals surface area contributed by atoms with Gasteiger partial charge in [-0.15, -0.1) is 0 Å². The van der Waals surface area contributed by atoms with Crippen molar-refractivity contribution < 1.29 is 79.0 Å². The van der Waals surface area contributed by atoms with E-state index >= 15 is 0 Å². The maximum Gasteiger partial charge on any atom is 0.422 e. The van der Waals surface area contributed by atoms with Crippen LogP contribution in [0.3, 0.4) is 0 Å². The smallest absolute Gasteiger partial charge is 0.422 e. The number of rotatable bonds is 14. The number of hydrogen-bond acceptors (Lipinski definition) is 16. The second-order valence-corrected chi connectivity index (χ2v) is 18.7. The van der Waals surface area contributed by atoms with Gasteiger partial charge in [0.15, 0.2) is 32.9 Å². The molecule has 2 aromatic carbocycles. The highest BCUT2D eigenvalue weighted by molar-refractivity contribution is 7.91. The lowest BCUT2D eigenvalue weighted by molar-refractivity contribution is -0.154. The SMILES string of the molecule is CCS(=O)(=O)c1ccc(OCC(F)(F)F)c(Nc2cc(Cl)ncn2)c1.CCS(=O)(=O)c1ccc(OCC(F)(F)F)c(Nc2cc(Nc3ccc(C(F)(F)F)cn3)ncn2)c1.Nc1ccc(C(F)(F)F)cn1. The van der Waals surface area contributed by atoms with E-state index in [1.807, 2.05) is 0 Å². The Bertz CT molecular complexity index is 2950. The van der Waals surface area contributed by atoms with E-state index < -0.39 is 68.7 Å². The molecule has 0 aliphatic rings. The summed E-state index contributed by atoms with van der Waals surface area (Å²) in [4.78, 5) is 22.1. The van der Waals surface area contributed by atoms with E-state index in [-0.39, 0.29) is 78.4 Å². The Labute approximate surface area is 399 Å². The number of alkyl halides is 12. The molecule has 0 spiro atoms. The summed E-state index contributed by atoms with van der Waals surface area (Å²) in [6.07, 6.45) is -14.5. The highest BCUT2D eigenvalue weighted by Gasteiger charge is 2.32. The number of benzene rings is 2. The van der Waals surface area contributed by atoms with Crippen LogP contribution in [0.2, 0.25) is 5.15 Å². The molecule has 0 amide bonds. The average Bonchev–Trinajstić information content (AvgIpc) is 3.28. The number of ether oxygens (including phenoxy) is 2. The molecule has 0 fully saturated rings. The van der Waals surface area contributed by atoms with Crippen molar-refractivity contribution in [2.24, 2.45) is 0 Å². The third kappa shape index (κ3) is 18.4. The first-order valence-corrected chi connectivity index (χ1v) is 23.1. The van der Waals surface area contributed by atoms with Gasteiger partial charge >= 0.3 is 24.7 Å². The number of nitrogens with zero attached hydrogens (tertiary/aromatic N) is 6. The van der Waals surface area contributed by atoms with Gasteiger partial charge in [0, 0.05) is 24.5 Å². The van der Waals surface area contributed by atoms with Crippen molar-refractivity contribution in [1.29, 1.82) is 0 Å². The number of aromatic nitrogens is 6. The molecule has 71 heavy (non-hydrogen) atoms. The molecule has 0 aliphatic heterocycles. The van der Waals surface area contributed by atoms with Crippen molar-refractivity contribution >= 4 is 71.7 Å². The molecule has 0 unspecified atom stereocenters. The summed E-state index contributed by atoms with van der Waals surface area (Å²) in [5.41, 5.74) is 3.26. The summed E-state index contributed by atoms with van der Waals surface area (Å²) < 4.78 is 207. The summed E-state index contributed by atoms with van der Waals surface area (Å²) in [5.74, 6) is -0.459. The largest absolute Gasteiger partial charge is 0.482 e. The minimum absolute atomic E-state index is 0.00791. The van der Waals surface area contributed by atoms with Gasteiger partial charge in [0.2, 0.25) is 0 Å². The van der Waals surface area contributed by atoms with Gasteiger partial charge in [-0.3, -0.25) is 0 Å². The molecule has 31 heteroatoms. The minimum atomic E-state index is -4.63. The maximum atomic E-state index is 12.7. The van der Waals surface area contributed by atoms with E-state index in [4.69, 9.17) is 26.8 Å². The number of hydrogen-bond donors (Lipinski definition) is 4. The molecule has 0 atom stereocenters. The molecule has 0 aliphatic carbocycles. The van der Waals surface area contributed by atoms with E-state index in [0.29, 0.717) is 12.4 Å². The van der Waals surface area contributed by atoms with Crippen LogP contribution in [0.5, 0.6) is 11.5 Å². The van der Waals surface area contributed by atoms with E-state index in [0.717, 1.165) is 61.2 Å². The van der Waals surface area contributed by atoms with E-state index in [2.05, 4.69) is 45.9 Å². The fraction of sp³-hybridized carbons (Fsp3) is 0.250. The van der Waals surface area contributed by atoms with Gasteiger partial charge in [0.05, 0.1) is 43.8 Å². The zero-order chi connectivity index (χ0) is 53.0. The first-order valence-electron chi connectivity index (χ1n) is 19.4. The Morgan fingerprint density at radius 2 is 0.944 bits per heavy atom. The summed E-state index contributed by atoms with van der Waals surface area (Å²) in [5, 5.41) is 8.15. The van der Waals surface area contributed by atoms with Crippen molar-refractivity contribution in [2.45, 2.75) is 48.3 Å². The van der Waals surface area contributed by atoms with Crippen LogP contribution >= 0.6 is 11.6 Å². The Morgan fingerprint density at radius 3 is 1.32 bits per heavy atom. The number of nitrogen functional groups attached to an aromatic ring is 1. The lowest BCUT2D eigenvalue weighted by Crippen LogP contribution is -2.19. The van der Waals surface area contributed by atoms with E-state index in [1.165, 1.54) is 38.1 Å². The molecule has 4 heterocycles. The summed E-state index contributed by atoms with van der Waals surface area (Å²) in [7, 11) is -7.25. The predicted molar refractivity (Wildman–Crippen MR) is 233 cm³/mol.